The number of hydrogen-bond acceptors (Lipinski definition) is 2. The van der Waals surface area contributed by atoms with Crippen molar-refractivity contribution in [3.05, 3.63) is 12.2 Å². The van der Waals surface area contributed by atoms with Gasteiger partial charge in [0.05, 0.1) is 0 Å². The van der Waals surface area contributed by atoms with Crippen LogP contribution in [0.4, 0.5) is 0 Å². The third kappa shape index (κ3) is 5.31. The van der Waals surface area contributed by atoms with Crippen LogP contribution in [0, 0.1) is 0 Å². The van der Waals surface area contributed by atoms with Crippen molar-refractivity contribution in [1.29, 1.82) is 0 Å². The first-order valence-electron chi connectivity index (χ1n) is 3.42. The molecule has 0 aromatic carbocycles. The normalized spacial score (nSPS) is 10.2. The topological polar surface area (TPSA) is 55.1 Å². The molecule has 0 unspecified atom stereocenters. The van der Waals surface area contributed by atoms with Gasteiger partial charge in [0.25, 0.3) is 0 Å². The maximum atomic E-state index is 10.7. The number of allylic oxidation sites excluding steroid dienone is 1. The van der Waals surface area contributed by atoms with E-state index in [2.05, 4.69) is 5.32 Å². The molecule has 0 aliphatic carbocycles. The van der Waals surface area contributed by atoms with Gasteiger partial charge in [0.15, 0.2) is 0 Å². The fraction of sp³-hybridized carbons (Fsp3) is 0.571. The molecule has 3 N–H and O–H groups in total. The van der Waals surface area contributed by atoms with Gasteiger partial charge in [-0.3, -0.25) is 4.79 Å². The Morgan fingerprint density at radius 3 is 2.90 bits per heavy atom. The summed E-state index contributed by atoms with van der Waals surface area (Å²) in [5.74, 6) is -0.0454. The zero-order valence-electron chi connectivity index (χ0n) is 6.26. The van der Waals surface area contributed by atoms with E-state index in [1.807, 2.05) is 6.92 Å². The largest absolute Gasteiger partial charge is 0.353 e. The molecular formula is C7H14N2O. The summed E-state index contributed by atoms with van der Waals surface area (Å²) >= 11 is 0. The molecule has 0 bridgehead atoms. The molecule has 0 aliphatic heterocycles. The molecule has 0 atom stereocenters. The molecule has 0 rings (SSSR count). The highest BCUT2D eigenvalue weighted by Gasteiger charge is 1.90. The zero-order chi connectivity index (χ0) is 7.82. The Balaban J connectivity index is 3.22. The summed E-state index contributed by atoms with van der Waals surface area (Å²) in [6, 6.07) is 0. The first-order chi connectivity index (χ1) is 4.81. The van der Waals surface area contributed by atoms with Crippen molar-refractivity contribution in [1.82, 2.24) is 5.32 Å². The van der Waals surface area contributed by atoms with E-state index in [1.54, 1.807) is 6.08 Å². The molecule has 0 aromatic heterocycles. The zero-order valence-corrected chi connectivity index (χ0v) is 6.26. The Bertz CT molecular complexity index is 121. The lowest BCUT2D eigenvalue weighted by Crippen LogP contribution is -2.23. The standard InChI is InChI=1S/C7H14N2O/c1-2-4-7(10)9-6-3-5-8/h2,4H,3,5-6,8H2,1H3,(H,9,10)/b4-2+. The van der Waals surface area contributed by atoms with E-state index < -0.39 is 0 Å². The van der Waals surface area contributed by atoms with E-state index in [0.29, 0.717) is 13.1 Å². The van der Waals surface area contributed by atoms with E-state index in [-0.39, 0.29) is 5.91 Å². The lowest BCUT2D eigenvalue weighted by Gasteiger charge is -1.97. The van der Waals surface area contributed by atoms with Crippen molar-refractivity contribution >= 4 is 5.91 Å². The average molecular weight is 142 g/mol. The van der Waals surface area contributed by atoms with Crippen LogP contribution in [0.5, 0.6) is 0 Å². The van der Waals surface area contributed by atoms with Crippen molar-refractivity contribution in [3.63, 3.8) is 0 Å². The number of amides is 1. The van der Waals surface area contributed by atoms with E-state index in [1.165, 1.54) is 6.08 Å². The molecular weight excluding hydrogens is 128 g/mol. The van der Waals surface area contributed by atoms with Gasteiger partial charge in [0.2, 0.25) is 5.91 Å². The van der Waals surface area contributed by atoms with E-state index >= 15 is 0 Å². The minimum absolute atomic E-state index is 0.0454. The second kappa shape index (κ2) is 6.29. The van der Waals surface area contributed by atoms with Crippen LogP contribution < -0.4 is 11.1 Å². The second-order valence-corrected chi connectivity index (χ2v) is 1.93. The maximum Gasteiger partial charge on any atom is 0.243 e. The first-order valence-corrected chi connectivity index (χ1v) is 3.42. The average Bonchev–Trinajstić information content (AvgIpc) is 1.89. The van der Waals surface area contributed by atoms with Crippen LogP contribution in [0.1, 0.15) is 13.3 Å². The molecule has 0 aliphatic rings. The molecule has 10 heavy (non-hydrogen) atoms. The molecule has 0 radical (unpaired) electrons. The van der Waals surface area contributed by atoms with Crippen LogP contribution in [-0.4, -0.2) is 19.0 Å². The molecule has 0 heterocycles. The van der Waals surface area contributed by atoms with E-state index in [4.69, 9.17) is 5.73 Å². The Morgan fingerprint density at radius 2 is 2.40 bits per heavy atom. The van der Waals surface area contributed by atoms with Gasteiger partial charge in [-0.1, -0.05) is 6.08 Å². The van der Waals surface area contributed by atoms with E-state index in [0.717, 1.165) is 6.42 Å². The second-order valence-electron chi connectivity index (χ2n) is 1.93. The third-order valence-corrected chi connectivity index (χ3v) is 0.998. The molecule has 58 valence electrons. The van der Waals surface area contributed by atoms with Crippen LogP contribution in [0.25, 0.3) is 0 Å². The van der Waals surface area contributed by atoms with Crippen LogP contribution in [0.3, 0.4) is 0 Å². The molecule has 3 heteroatoms. The highest BCUT2D eigenvalue weighted by atomic mass is 16.1. The summed E-state index contributed by atoms with van der Waals surface area (Å²) in [5.41, 5.74) is 5.22. The highest BCUT2D eigenvalue weighted by Crippen LogP contribution is 1.73. The summed E-state index contributed by atoms with van der Waals surface area (Å²) in [7, 11) is 0. The molecule has 0 saturated carbocycles. The van der Waals surface area contributed by atoms with Crippen molar-refractivity contribution in [2.24, 2.45) is 5.73 Å². The first kappa shape index (κ1) is 9.17. The van der Waals surface area contributed by atoms with Crippen molar-refractivity contribution in [3.8, 4) is 0 Å². The molecule has 1 amide bonds. The van der Waals surface area contributed by atoms with Gasteiger partial charge in [-0.05, 0) is 26.0 Å². The van der Waals surface area contributed by atoms with Gasteiger partial charge in [-0.2, -0.15) is 0 Å². The number of nitrogens with two attached hydrogens (primary N) is 1. The van der Waals surface area contributed by atoms with Gasteiger partial charge in [0, 0.05) is 6.54 Å². The molecule has 3 nitrogen and oxygen atoms in total. The Hall–Kier alpha value is -0.830. The minimum atomic E-state index is -0.0454. The van der Waals surface area contributed by atoms with Crippen molar-refractivity contribution < 1.29 is 4.79 Å². The number of hydrogen-bond donors (Lipinski definition) is 2. The fourth-order valence-electron chi connectivity index (χ4n) is 0.524. The van der Waals surface area contributed by atoms with Gasteiger partial charge >= 0.3 is 0 Å². The quantitative estimate of drug-likeness (QED) is 0.429. The Labute approximate surface area is 61.3 Å². The van der Waals surface area contributed by atoms with Crippen LogP contribution in [0.2, 0.25) is 0 Å². The third-order valence-electron chi connectivity index (χ3n) is 0.998. The molecule has 0 fully saturated rings. The Kier molecular flexibility index (Phi) is 5.77. The van der Waals surface area contributed by atoms with E-state index in [9.17, 15) is 4.79 Å². The molecule has 0 aromatic rings. The summed E-state index contributed by atoms with van der Waals surface area (Å²) in [5, 5.41) is 2.68. The maximum absolute atomic E-state index is 10.7. The van der Waals surface area contributed by atoms with Gasteiger partial charge in [0.1, 0.15) is 0 Å². The smallest absolute Gasteiger partial charge is 0.243 e. The van der Waals surface area contributed by atoms with Gasteiger partial charge in [-0.15, -0.1) is 0 Å². The number of nitrogens with one attached hydrogen (secondary N) is 1. The SMILES string of the molecule is C/C=C/C(=O)NCCCN. The number of carbonyl (C=O) groups is 1. The number of rotatable bonds is 4. The lowest BCUT2D eigenvalue weighted by atomic mass is 10.4. The summed E-state index contributed by atoms with van der Waals surface area (Å²) < 4.78 is 0. The van der Waals surface area contributed by atoms with Gasteiger partial charge in [-0.25, -0.2) is 0 Å². The van der Waals surface area contributed by atoms with Crippen LogP contribution in [-0.2, 0) is 4.79 Å². The van der Waals surface area contributed by atoms with Crippen molar-refractivity contribution in [2.45, 2.75) is 13.3 Å². The lowest BCUT2D eigenvalue weighted by molar-refractivity contribution is -0.116. The Morgan fingerprint density at radius 1 is 1.70 bits per heavy atom. The monoisotopic (exact) mass is 142 g/mol. The predicted molar refractivity (Wildman–Crippen MR) is 41.5 cm³/mol. The summed E-state index contributed by atoms with van der Waals surface area (Å²) in [6.07, 6.45) is 4.04. The predicted octanol–water partition coefficient (Wildman–Crippen LogP) is 0.0275. The molecule has 0 saturated heterocycles. The fourth-order valence-corrected chi connectivity index (χ4v) is 0.524. The van der Waals surface area contributed by atoms with Crippen molar-refractivity contribution in [2.75, 3.05) is 13.1 Å². The van der Waals surface area contributed by atoms with Crippen LogP contribution in [0.15, 0.2) is 12.2 Å². The summed E-state index contributed by atoms with van der Waals surface area (Å²) in [4.78, 5) is 10.7. The van der Waals surface area contributed by atoms with Crippen LogP contribution >= 0.6 is 0 Å². The number of carbonyl (C=O) groups excluding carboxylic acids is 1. The molecule has 0 spiro atoms. The van der Waals surface area contributed by atoms with Gasteiger partial charge < -0.3 is 11.1 Å². The summed E-state index contributed by atoms with van der Waals surface area (Å²) in [6.45, 7) is 3.10. The highest BCUT2D eigenvalue weighted by molar-refractivity contribution is 5.87. The minimum Gasteiger partial charge on any atom is -0.353 e.